The van der Waals surface area contributed by atoms with Gasteiger partial charge in [-0.05, 0) is 32.0 Å². The van der Waals surface area contributed by atoms with Crippen LogP contribution in [0.25, 0.3) is 0 Å². The van der Waals surface area contributed by atoms with E-state index in [4.69, 9.17) is 5.11 Å². The molecule has 0 spiro atoms. The van der Waals surface area contributed by atoms with E-state index in [2.05, 4.69) is 23.2 Å². The molecule has 0 aromatic carbocycles. The van der Waals surface area contributed by atoms with Crippen molar-refractivity contribution in [3.05, 3.63) is 18.0 Å². The Kier molecular flexibility index (Phi) is 2.84. The molecule has 1 fully saturated rings. The van der Waals surface area contributed by atoms with Crippen molar-refractivity contribution in [1.82, 2.24) is 14.7 Å². The highest BCUT2D eigenvalue weighted by molar-refractivity contribution is 5.05. The van der Waals surface area contributed by atoms with E-state index in [0.29, 0.717) is 12.5 Å². The summed E-state index contributed by atoms with van der Waals surface area (Å²) >= 11 is 0. The van der Waals surface area contributed by atoms with Crippen molar-refractivity contribution >= 4 is 0 Å². The minimum atomic E-state index is 0.205. The Hall–Kier alpha value is -0.870. The van der Waals surface area contributed by atoms with Gasteiger partial charge in [0.2, 0.25) is 0 Å². The predicted molar refractivity (Wildman–Crippen MR) is 54.2 cm³/mol. The van der Waals surface area contributed by atoms with Gasteiger partial charge in [0.1, 0.15) is 0 Å². The summed E-state index contributed by atoms with van der Waals surface area (Å²) < 4.78 is 2.04. The summed E-state index contributed by atoms with van der Waals surface area (Å²) in [5.74, 6) is 0. The van der Waals surface area contributed by atoms with Crippen LogP contribution in [0.2, 0.25) is 0 Å². The second-order valence-electron chi connectivity index (χ2n) is 4.01. The van der Waals surface area contributed by atoms with E-state index in [1.165, 1.54) is 6.42 Å². The number of likely N-dealkylation sites (tertiary alicyclic amines) is 1. The fraction of sp³-hybridized carbons (Fsp3) is 0.700. The van der Waals surface area contributed by atoms with Crippen LogP contribution in [0.5, 0.6) is 0 Å². The summed E-state index contributed by atoms with van der Waals surface area (Å²) in [5, 5.41) is 13.1. The molecule has 0 aliphatic carbocycles. The second-order valence-corrected chi connectivity index (χ2v) is 4.01. The van der Waals surface area contributed by atoms with E-state index < -0.39 is 0 Å². The van der Waals surface area contributed by atoms with Gasteiger partial charge in [0.05, 0.1) is 12.2 Å². The van der Waals surface area contributed by atoms with Gasteiger partial charge >= 0.3 is 0 Å². The lowest BCUT2D eigenvalue weighted by Gasteiger charge is -2.10. The Morgan fingerprint density at radius 3 is 3.14 bits per heavy atom. The molecule has 0 bridgehead atoms. The van der Waals surface area contributed by atoms with E-state index in [1.54, 1.807) is 0 Å². The molecule has 0 amide bonds. The Bertz CT molecular complexity index is 297. The van der Waals surface area contributed by atoms with Crippen molar-refractivity contribution in [3.8, 4) is 0 Å². The minimum absolute atomic E-state index is 0.205. The zero-order valence-electron chi connectivity index (χ0n) is 8.56. The summed E-state index contributed by atoms with van der Waals surface area (Å²) in [4.78, 5) is 2.32. The number of hydrogen-bond acceptors (Lipinski definition) is 3. The van der Waals surface area contributed by atoms with Crippen LogP contribution >= 0.6 is 0 Å². The lowest BCUT2D eigenvalue weighted by Crippen LogP contribution is -2.16. The molecule has 2 rings (SSSR count). The fourth-order valence-corrected chi connectivity index (χ4v) is 1.96. The molecule has 14 heavy (non-hydrogen) atoms. The number of aliphatic hydroxyl groups is 1. The zero-order chi connectivity index (χ0) is 9.97. The number of aliphatic hydroxyl groups excluding tert-OH is 1. The first-order chi connectivity index (χ1) is 6.79. The van der Waals surface area contributed by atoms with Gasteiger partial charge in [0.25, 0.3) is 0 Å². The summed E-state index contributed by atoms with van der Waals surface area (Å²) in [5.41, 5.74) is 1.13. The molecule has 0 saturated carbocycles. The van der Waals surface area contributed by atoms with E-state index in [0.717, 1.165) is 18.7 Å². The summed E-state index contributed by atoms with van der Waals surface area (Å²) in [6, 6.07) is 0.521. The Labute approximate surface area is 84.1 Å². The van der Waals surface area contributed by atoms with Gasteiger partial charge in [0, 0.05) is 19.3 Å². The van der Waals surface area contributed by atoms with Crippen LogP contribution in [0.3, 0.4) is 0 Å². The third-order valence-electron chi connectivity index (χ3n) is 2.80. The summed E-state index contributed by atoms with van der Waals surface area (Å²) in [7, 11) is 2.14. The highest BCUT2D eigenvalue weighted by Crippen LogP contribution is 2.19. The number of hydrogen-bond donors (Lipinski definition) is 1. The molecule has 4 heteroatoms. The maximum absolute atomic E-state index is 8.79. The molecule has 0 radical (unpaired) electrons. The van der Waals surface area contributed by atoms with Crippen molar-refractivity contribution in [3.63, 3.8) is 0 Å². The van der Waals surface area contributed by atoms with Gasteiger partial charge in [-0.3, -0.25) is 4.68 Å². The van der Waals surface area contributed by atoms with Gasteiger partial charge in [-0.2, -0.15) is 5.10 Å². The molecular weight excluding hydrogens is 178 g/mol. The van der Waals surface area contributed by atoms with E-state index in [-0.39, 0.29) is 6.61 Å². The molecule has 1 aromatic heterocycles. The molecule has 1 saturated heterocycles. The average molecular weight is 195 g/mol. The molecule has 78 valence electrons. The quantitative estimate of drug-likeness (QED) is 0.754. The third kappa shape index (κ3) is 1.96. The number of rotatable bonds is 3. The van der Waals surface area contributed by atoms with E-state index in [1.807, 2.05) is 10.9 Å². The van der Waals surface area contributed by atoms with Crippen molar-refractivity contribution in [2.24, 2.45) is 0 Å². The van der Waals surface area contributed by atoms with Crippen LogP contribution in [0.4, 0.5) is 0 Å². The van der Waals surface area contributed by atoms with Gasteiger partial charge in [0.15, 0.2) is 0 Å². The predicted octanol–water partition coefficient (Wildman–Crippen LogP) is 0.295. The smallest absolute Gasteiger partial charge is 0.0658 e. The van der Waals surface area contributed by atoms with Crippen LogP contribution < -0.4 is 0 Å². The first-order valence-corrected chi connectivity index (χ1v) is 5.12. The van der Waals surface area contributed by atoms with Crippen molar-refractivity contribution in [2.45, 2.75) is 18.9 Å². The largest absolute Gasteiger partial charge is 0.396 e. The molecule has 4 nitrogen and oxygen atoms in total. The number of likely N-dealkylation sites (N-methyl/N-ethyl adjacent to an activating group) is 1. The Balaban J connectivity index is 2.02. The molecular formula is C10H17N3O. The van der Waals surface area contributed by atoms with Gasteiger partial charge < -0.3 is 10.0 Å². The molecule has 1 aliphatic rings. The normalized spacial score (nSPS) is 23.1. The van der Waals surface area contributed by atoms with Crippen LogP contribution in [-0.2, 0) is 6.42 Å². The third-order valence-corrected chi connectivity index (χ3v) is 2.80. The first kappa shape index (κ1) is 9.68. The minimum Gasteiger partial charge on any atom is -0.396 e. The summed E-state index contributed by atoms with van der Waals surface area (Å²) in [6.07, 6.45) is 5.80. The number of aromatic nitrogens is 2. The fourth-order valence-electron chi connectivity index (χ4n) is 1.96. The molecule has 1 unspecified atom stereocenters. The first-order valence-electron chi connectivity index (χ1n) is 5.12. The lowest BCUT2D eigenvalue weighted by molar-refractivity contribution is 0.299. The van der Waals surface area contributed by atoms with Crippen LogP contribution in [0, 0.1) is 0 Å². The highest BCUT2D eigenvalue weighted by atomic mass is 16.2. The van der Waals surface area contributed by atoms with Crippen LogP contribution in [-0.4, -0.2) is 46.5 Å². The van der Waals surface area contributed by atoms with E-state index >= 15 is 0 Å². The van der Waals surface area contributed by atoms with E-state index in [9.17, 15) is 0 Å². The van der Waals surface area contributed by atoms with Crippen LogP contribution in [0.15, 0.2) is 12.4 Å². The zero-order valence-corrected chi connectivity index (χ0v) is 8.56. The maximum Gasteiger partial charge on any atom is 0.0658 e. The van der Waals surface area contributed by atoms with Crippen molar-refractivity contribution in [2.75, 3.05) is 26.7 Å². The standard InChI is InChI=1S/C10H17N3O/c1-12-4-2-10(8-12)13-7-9(3-5-14)6-11-13/h6-7,10,14H,2-5,8H2,1H3. The molecule has 1 aromatic rings. The van der Waals surface area contributed by atoms with Crippen LogP contribution in [0.1, 0.15) is 18.0 Å². The SMILES string of the molecule is CN1CCC(n2cc(CCO)cn2)C1. The van der Waals surface area contributed by atoms with Crippen molar-refractivity contribution in [1.29, 1.82) is 0 Å². The monoisotopic (exact) mass is 195 g/mol. The van der Waals surface area contributed by atoms with Gasteiger partial charge in [-0.15, -0.1) is 0 Å². The maximum atomic E-state index is 8.79. The lowest BCUT2D eigenvalue weighted by atomic mass is 10.2. The Morgan fingerprint density at radius 2 is 2.50 bits per heavy atom. The molecule has 1 atom stereocenters. The Morgan fingerprint density at radius 1 is 1.64 bits per heavy atom. The summed E-state index contributed by atoms with van der Waals surface area (Å²) in [6.45, 7) is 2.44. The second kappa shape index (κ2) is 4.11. The van der Waals surface area contributed by atoms with Crippen molar-refractivity contribution < 1.29 is 5.11 Å². The van der Waals surface area contributed by atoms with Gasteiger partial charge in [-0.1, -0.05) is 0 Å². The molecule has 1 N–H and O–H groups in total. The topological polar surface area (TPSA) is 41.3 Å². The molecule has 2 heterocycles. The number of nitrogens with zero attached hydrogens (tertiary/aromatic N) is 3. The molecule has 1 aliphatic heterocycles. The van der Waals surface area contributed by atoms with Gasteiger partial charge in [-0.25, -0.2) is 0 Å². The highest BCUT2D eigenvalue weighted by Gasteiger charge is 2.21. The average Bonchev–Trinajstić information content (AvgIpc) is 2.74.